The van der Waals surface area contributed by atoms with E-state index < -0.39 is 86.8 Å². The lowest BCUT2D eigenvalue weighted by Crippen LogP contribution is -2.65. The van der Waals surface area contributed by atoms with Crippen LogP contribution in [0.5, 0.6) is 0 Å². The Kier molecular flexibility index (Phi) is 49.9. The smallest absolute Gasteiger partial charge is 0.220 e. The lowest BCUT2D eigenvalue weighted by Gasteiger charge is -2.46. The number of amides is 1. The summed E-state index contributed by atoms with van der Waals surface area (Å²) < 4.78 is 22.9. The number of aliphatic hydroxyl groups excluding tert-OH is 8. The van der Waals surface area contributed by atoms with Crippen LogP contribution in [0, 0.1) is 0 Å². The van der Waals surface area contributed by atoms with Crippen LogP contribution in [-0.4, -0.2) is 140 Å². The Hall–Kier alpha value is -2.31. The van der Waals surface area contributed by atoms with Gasteiger partial charge in [-0.3, -0.25) is 4.79 Å². The minimum Gasteiger partial charge on any atom is -0.394 e. The zero-order chi connectivity index (χ0) is 60.2. The first-order valence-electron chi connectivity index (χ1n) is 34.0. The van der Waals surface area contributed by atoms with E-state index in [4.69, 9.17) is 18.9 Å². The number of hydrogen-bond acceptors (Lipinski definition) is 13. The van der Waals surface area contributed by atoms with Crippen LogP contribution in [0.25, 0.3) is 0 Å². The van der Waals surface area contributed by atoms with Crippen LogP contribution < -0.4 is 5.32 Å². The average Bonchev–Trinajstić information content (AvgIpc) is 3.65. The first kappa shape index (κ1) is 76.8. The summed E-state index contributed by atoms with van der Waals surface area (Å²) in [4.78, 5) is 13.3. The van der Waals surface area contributed by atoms with Crippen molar-refractivity contribution in [3.8, 4) is 0 Å². The summed E-state index contributed by atoms with van der Waals surface area (Å²) in [6, 6.07) is -0.919. The fourth-order valence-electron chi connectivity index (χ4n) is 11.0. The van der Waals surface area contributed by atoms with Crippen LogP contribution in [0.15, 0.2) is 60.8 Å². The quantitative estimate of drug-likeness (QED) is 0.0204. The fourth-order valence-corrected chi connectivity index (χ4v) is 11.0. The van der Waals surface area contributed by atoms with E-state index >= 15 is 0 Å². The van der Waals surface area contributed by atoms with E-state index in [1.54, 1.807) is 6.08 Å². The number of aliphatic hydroxyl groups is 8. The Morgan fingerprint density at radius 2 is 0.831 bits per heavy atom. The maximum Gasteiger partial charge on any atom is 0.220 e. The molecule has 0 saturated carbocycles. The molecule has 2 rings (SSSR count). The molecule has 2 aliphatic heterocycles. The normalized spacial score (nSPS) is 24.2. The summed E-state index contributed by atoms with van der Waals surface area (Å²) in [5.74, 6) is -0.240. The van der Waals surface area contributed by atoms with Gasteiger partial charge in [0, 0.05) is 6.42 Å². The van der Waals surface area contributed by atoms with Crippen LogP contribution >= 0.6 is 0 Å². The molecule has 484 valence electrons. The molecule has 2 saturated heterocycles. The van der Waals surface area contributed by atoms with Gasteiger partial charge in [-0.05, 0) is 57.8 Å². The van der Waals surface area contributed by atoms with Crippen molar-refractivity contribution in [2.24, 2.45) is 0 Å². The minimum atomic E-state index is -1.79. The Labute approximate surface area is 505 Å². The Morgan fingerprint density at radius 3 is 1.28 bits per heavy atom. The molecule has 2 fully saturated rings. The van der Waals surface area contributed by atoms with Crippen LogP contribution in [-0.2, 0) is 23.7 Å². The van der Waals surface area contributed by atoms with Crippen molar-refractivity contribution in [3.05, 3.63) is 60.8 Å². The second-order valence-corrected chi connectivity index (χ2v) is 23.9. The molecule has 1 amide bonds. The predicted octanol–water partition coefficient (Wildman–Crippen LogP) is 13.3. The lowest BCUT2D eigenvalue weighted by molar-refractivity contribution is -0.359. The third kappa shape index (κ3) is 38.6. The third-order valence-electron chi connectivity index (χ3n) is 16.5. The van der Waals surface area contributed by atoms with Crippen LogP contribution in [0.2, 0.25) is 0 Å². The van der Waals surface area contributed by atoms with Gasteiger partial charge in [-0.15, -0.1) is 0 Å². The largest absolute Gasteiger partial charge is 0.394 e. The van der Waals surface area contributed by atoms with E-state index in [1.807, 2.05) is 6.08 Å². The van der Waals surface area contributed by atoms with Crippen LogP contribution in [0.4, 0.5) is 0 Å². The second-order valence-electron chi connectivity index (χ2n) is 23.9. The van der Waals surface area contributed by atoms with E-state index in [0.717, 1.165) is 70.6 Å². The number of nitrogens with one attached hydrogen (secondary N) is 1. The van der Waals surface area contributed by atoms with Crippen LogP contribution in [0.1, 0.15) is 277 Å². The minimum absolute atomic E-state index is 0.240. The van der Waals surface area contributed by atoms with Crippen molar-refractivity contribution in [2.75, 3.05) is 19.8 Å². The molecule has 12 unspecified atom stereocenters. The molecule has 0 aliphatic carbocycles. The van der Waals surface area contributed by atoms with Crippen molar-refractivity contribution in [2.45, 2.75) is 351 Å². The predicted molar refractivity (Wildman–Crippen MR) is 337 cm³/mol. The zero-order valence-electron chi connectivity index (χ0n) is 52.4. The molecule has 2 aliphatic rings. The van der Waals surface area contributed by atoms with Gasteiger partial charge in [-0.2, -0.15) is 0 Å². The van der Waals surface area contributed by atoms with Gasteiger partial charge in [0.15, 0.2) is 12.6 Å². The summed E-state index contributed by atoms with van der Waals surface area (Å²) in [5.41, 5.74) is 0. The summed E-state index contributed by atoms with van der Waals surface area (Å²) in [7, 11) is 0. The van der Waals surface area contributed by atoms with Gasteiger partial charge in [0.1, 0.15) is 48.8 Å². The van der Waals surface area contributed by atoms with Gasteiger partial charge in [-0.1, -0.05) is 274 Å². The Morgan fingerprint density at radius 1 is 0.446 bits per heavy atom. The van der Waals surface area contributed by atoms with E-state index in [1.165, 1.54) is 180 Å². The van der Waals surface area contributed by atoms with Crippen molar-refractivity contribution < 1.29 is 64.6 Å². The number of ether oxygens (including phenoxy) is 4. The van der Waals surface area contributed by atoms with Crippen molar-refractivity contribution in [1.29, 1.82) is 0 Å². The van der Waals surface area contributed by atoms with E-state index in [0.29, 0.717) is 6.42 Å². The zero-order valence-corrected chi connectivity index (χ0v) is 52.4. The monoisotopic (exact) mass is 1180 g/mol. The summed E-state index contributed by atoms with van der Waals surface area (Å²) in [6.45, 7) is 2.72. The highest BCUT2D eigenvalue weighted by atomic mass is 16.7. The first-order chi connectivity index (χ1) is 40.6. The van der Waals surface area contributed by atoms with Crippen molar-refractivity contribution in [3.63, 3.8) is 0 Å². The number of allylic oxidation sites excluding steroid dienone is 9. The molecule has 2 heterocycles. The molecule has 9 N–H and O–H groups in total. The van der Waals surface area contributed by atoms with Gasteiger partial charge >= 0.3 is 0 Å². The molecule has 0 radical (unpaired) electrons. The summed E-state index contributed by atoms with van der Waals surface area (Å²) in [6.07, 6.45) is 54.0. The fraction of sp³-hybridized carbons (Fsp3) is 0.841. The summed E-state index contributed by atoms with van der Waals surface area (Å²) in [5, 5.41) is 87.4. The molecule has 0 aromatic rings. The third-order valence-corrected chi connectivity index (χ3v) is 16.5. The number of carbonyl (C=O) groups excluding carboxylic acids is 1. The molecule has 12 atom stereocenters. The highest BCUT2D eigenvalue weighted by Crippen LogP contribution is 2.30. The van der Waals surface area contributed by atoms with Crippen molar-refractivity contribution in [1.82, 2.24) is 5.32 Å². The Balaban J connectivity index is 1.71. The van der Waals surface area contributed by atoms with Gasteiger partial charge in [-0.25, -0.2) is 0 Å². The number of unbranched alkanes of at least 4 members (excludes halogenated alkanes) is 34. The molecular weight excluding hydrogens is 1050 g/mol. The van der Waals surface area contributed by atoms with Crippen LogP contribution in [0.3, 0.4) is 0 Å². The highest BCUT2D eigenvalue weighted by molar-refractivity contribution is 5.76. The molecule has 14 nitrogen and oxygen atoms in total. The first-order valence-corrected chi connectivity index (χ1v) is 34.0. The molecule has 14 heteroatoms. The standard InChI is InChI=1S/C69H125NO13/c1-3-5-7-9-11-13-15-17-19-21-23-25-27-29-31-33-35-37-39-41-43-45-47-49-51-53-61(74)70-57(56-80-68-66(79)64(77)67(60(55-72)82-68)83-69-65(78)63(76)62(75)59(54-71)81-69)58(73)52-50-48-46-44-42-40-38-36-34-32-30-28-26-24-22-20-18-16-14-12-10-8-6-4-2/h5,7,11,13,17,19,23,25,50,52,57-60,62-69,71-73,75-79H,3-4,6,8-10,12,14-16,18,20-22,24,26-49,51,53-56H2,1-2H3,(H,70,74)/b7-5-,13-11-,19-17-,25-23-,52-50+. The number of carbonyl (C=O) groups is 1. The van der Waals surface area contributed by atoms with Gasteiger partial charge in [0.05, 0.1) is 32.0 Å². The topological polar surface area (TPSA) is 228 Å². The maximum atomic E-state index is 13.3. The molecule has 83 heavy (non-hydrogen) atoms. The lowest BCUT2D eigenvalue weighted by atomic mass is 9.97. The van der Waals surface area contributed by atoms with Crippen molar-refractivity contribution >= 4 is 5.91 Å². The van der Waals surface area contributed by atoms with E-state index in [-0.39, 0.29) is 18.9 Å². The molecule has 0 spiro atoms. The maximum absolute atomic E-state index is 13.3. The van der Waals surface area contributed by atoms with Gasteiger partial charge in [0.2, 0.25) is 5.91 Å². The highest BCUT2D eigenvalue weighted by Gasteiger charge is 2.51. The molecule has 0 aromatic carbocycles. The SMILES string of the molecule is CC/C=C\C/C=C\C/C=C\C/C=C\CCCCCCCCCCCCCCC(=O)NC(COC1OC(CO)C(OC2OC(CO)C(O)C(O)C2O)C(O)C1O)C(O)/C=C/CCCCCCCCCCCCCCCCCCCCCCCC. The second kappa shape index (κ2) is 53.9. The Bertz CT molecular complexity index is 1620. The number of rotatable bonds is 55. The molecular formula is C69H125NO13. The average molecular weight is 1180 g/mol. The summed E-state index contributed by atoms with van der Waals surface area (Å²) >= 11 is 0. The van der Waals surface area contributed by atoms with E-state index in [2.05, 4.69) is 67.8 Å². The molecule has 0 aromatic heterocycles. The van der Waals surface area contributed by atoms with Gasteiger partial charge in [0.25, 0.3) is 0 Å². The molecule has 0 bridgehead atoms. The van der Waals surface area contributed by atoms with E-state index in [9.17, 15) is 45.6 Å². The van der Waals surface area contributed by atoms with Gasteiger partial charge < -0.3 is 65.1 Å². The number of hydrogen-bond donors (Lipinski definition) is 9.